The fourth-order valence-corrected chi connectivity index (χ4v) is 1.54. The van der Waals surface area contributed by atoms with Crippen molar-refractivity contribution in [3.05, 3.63) is 17.3 Å². The summed E-state index contributed by atoms with van der Waals surface area (Å²) in [6, 6.07) is 0.882. The minimum Gasteiger partial charge on any atom is -0.604 e. The molecule has 0 saturated heterocycles. The molecule has 78 valence electrons. The van der Waals surface area contributed by atoms with Gasteiger partial charge in [0.05, 0.1) is 11.2 Å². The van der Waals surface area contributed by atoms with Gasteiger partial charge in [0.2, 0.25) is 0 Å². The Morgan fingerprint density at radius 3 is 2.50 bits per heavy atom. The number of hydrogen-bond acceptors (Lipinski definition) is 3. The molecule has 1 rings (SSSR count). The zero-order chi connectivity index (χ0) is 10.9. The van der Waals surface area contributed by atoms with Gasteiger partial charge in [0, 0.05) is 6.07 Å². The first-order chi connectivity index (χ1) is 6.32. The Bertz CT molecular complexity index is 346. The van der Waals surface area contributed by atoms with E-state index in [4.69, 9.17) is 17.3 Å². The molecule has 0 amide bonds. The predicted molar refractivity (Wildman–Crippen MR) is 46.1 cm³/mol. The summed E-state index contributed by atoms with van der Waals surface area (Å²) >= 11 is 2.30. The third-order valence-corrected chi connectivity index (χ3v) is 2.64. The molecular formula is C6H4ClF3N2OS. The lowest BCUT2D eigenvalue weighted by Crippen LogP contribution is -2.23. The summed E-state index contributed by atoms with van der Waals surface area (Å²) < 4.78 is 46.7. The lowest BCUT2D eigenvalue weighted by Gasteiger charge is -2.11. The fourth-order valence-electron chi connectivity index (χ4n) is 0.666. The molecule has 0 bridgehead atoms. The van der Waals surface area contributed by atoms with Gasteiger partial charge in [-0.05, 0) is 0 Å². The molecule has 1 unspecified atom stereocenters. The van der Waals surface area contributed by atoms with E-state index in [1.165, 1.54) is 0 Å². The Hall–Kier alpha value is -0.660. The highest BCUT2D eigenvalue weighted by Crippen LogP contribution is 2.31. The van der Waals surface area contributed by atoms with E-state index in [0.717, 1.165) is 12.3 Å². The Morgan fingerprint density at radius 1 is 1.50 bits per heavy atom. The molecule has 1 aromatic heterocycles. The van der Waals surface area contributed by atoms with Gasteiger partial charge in [0.25, 0.3) is 0 Å². The standard InChI is InChI=1S/C6H4ClF3N2OS/c7-4-1-3(2-12-5(4)11)14(13)6(8,9)10/h1-2H,(H2,11,12). The van der Waals surface area contributed by atoms with Crippen molar-refractivity contribution in [2.45, 2.75) is 10.4 Å². The van der Waals surface area contributed by atoms with E-state index in [0.29, 0.717) is 0 Å². The maximum atomic E-state index is 12.0. The largest absolute Gasteiger partial charge is 0.604 e. The Labute approximate surface area is 85.3 Å². The number of hydrogen-bond donors (Lipinski definition) is 1. The molecule has 14 heavy (non-hydrogen) atoms. The highest BCUT2D eigenvalue weighted by molar-refractivity contribution is 7.92. The molecule has 8 heteroatoms. The quantitative estimate of drug-likeness (QED) is 0.768. The zero-order valence-corrected chi connectivity index (χ0v) is 8.08. The highest BCUT2D eigenvalue weighted by atomic mass is 35.5. The maximum Gasteiger partial charge on any atom is 0.578 e. The highest BCUT2D eigenvalue weighted by Gasteiger charge is 2.46. The van der Waals surface area contributed by atoms with Crippen LogP contribution in [0.5, 0.6) is 0 Å². The van der Waals surface area contributed by atoms with E-state index < -0.39 is 21.6 Å². The minimum atomic E-state index is -4.82. The van der Waals surface area contributed by atoms with E-state index in [9.17, 15) is 17.7 Å². The van der Waals surface area contributed by atoms with Crippen LogP contribution in [-0.4, -0.2) is 15.0 Å². The predicted octanol–water partition coefficient (Wildman–Crippen LogP) is 1.94. The van der Waals surface area contributed by atoms with Gasteiger partial charge in [-0.1, -0.05) is 11.6 Å². The third-order valence-electron chi connectivity index (χ3n) is 1.27. The molecule has 0 saturated carbocycles. The summed E-state index contributed by atoms with van der Waals surface area (Å²) in [6.07, 6.45) is 0.783. The van der Waals surface area contributed by atoms with Crippen molar-refractivity contribution >= 4 is 28.6 Å². The van der Waals surface area contributed by atoms with Crippen molar-refractivity contribution < 1.29 is 17.7 Å². The van der Waals surface area contributed by atoms with Gasteiger partial charge < -0.3 is 10.3 Å². The second-order valence-electron chi connectivity index (χ2n) is 2.25. The molecule has 0 spiro atoms. The van der Waals surface area contributed by atoms with Crippen molar-refractivity contribution in [3.8, 4) is 0 Å². The normalized spacial score (nSPS) is 14.1. The van der Waals surface area contributed by atoms with Crippen LogP contribution in [-0.2, 0) is 11.2 Å². The second kappa shape index (κ2) is 3.84. The number of anilines is 1. The smallest absolute Gasteiger partial charge is 0.578 e. The van der Waals surface area contributed by atoms with Gasteiger partial charge in [0.1, 0.15) is 17.0 Å². The van der Waals surface area contributed by atoms with Crippen LogP contribution in [0.2, 0.25) is 5.02 Å². The van der Waals surface area contributed by atoms with E-state index >= 15 is 0 Å². The van der Waals surface area contributed by atoms with Crippen molar-refractivity contribution in [1.29, 1.82) is 0 Å². The SMILES string of the molecule is Nc1ncc([S+]([O-])C(F)(F)F)cc1Cl. The molecule has 1 atom stereocenters. The topological polar surface area (TPSA) is 62.0 Å². The first-order valence-corrected chi connectivity index (χ1v) is 4.75. The lowest BCUT2D eigenvalue weighted by atomic mass is 10.5. The number of alkyl halides is 3. The molecule has 0 fully saturated rings. The van der Waals surface area contributed by atoms with Crippen LogP contribution >= 0.6 is 11.6 Å². The minimum absolute atomic E-state index is 0.102. The molecule has 0 aliphatic carbocycles. The molecule has 0 radical (unpaired) electrons. The first kappa shape index (κ1) is 11.4. The number of rotatable bonds is 1. The van der Waals surface area contributed by atoms with E-state index in [1.807, 2.05) is 0 Å². The molecule has 0 aliphatic heterocycles. The average molecular weight is 245 g/mol. The molecular weight excluding hydrogens is 241 g/mol. The molecule has 1 aromatic rings. The third kappa shape index (κ3) is 2.43. The summed E-state index contributed by atoms with van der Waals surface area (Å²) in [5.41, 5.74) is 0.356. The van der Waals surface area contributed by atoms with Gasteiger partial charge in [-0.15, -0.1) is 13.2 Å². The van der Waals surface area contributed by atoms with Gasteiger partial charge in [0.15, 0.2) is 4.90 Å². The summed E-state index contributed by atoms with van der Waals surface area (Å²) in [4.78, 5) is 2.85. The molecule has 0 aliphatic rings. The van der Waals surface area contributed by atoms with Gasteiger partial charge in [-0.25, -0.2) is 4.98 Å². The Kier molecular flexibility index (Phi) is 3.13. The molecule has 2 N–H and O–H groups in total. The van der Waals surface area contributed by atoms with Crippen LogP contribution < -0.4 is 5.73 Å². The van der Waals surface area contributed by atoms with Gasteiger partial charge in [-0.3, -0.25) is 0 Å². The second-order valence-corrected chi connectivity index (χ2v) is 4.13. The number of nitrogens with two attached hydrogens (primary N) is 1. The van der Waals surface area contributed by atoms with Crippen LogP contribution in [0.25, 0.3) is 0 Å². The number of pyridine rings is 1. The summed E-state index contributed by atoms with van der Waals surface area (Å²) in [5.74, 6) is -0.102. The van der Waals surface area contributed by atoms with Crippen LogP contribution in [0.1, 0.15) is 0 Å². The van der Waals surface area contributed by atoms with E-state index in [1.54, 1.807) is 0 Å². The van der Waals surface area contributed by atoms with Crippen molar-refractivity contribution in [3.63, 3.8) is 0 Å². The van der Waals surface area contributed by atoms with Crippen molar-refractivity contribution in [2.24, 2.45) is 0 Å². The van der Waals surface area contributed by atoms with Crippen LogP contribution in [0, 0.1) is 0 Å². The number of aromatic nitrogens is 1. The fraction of sp³-hybridized carbons (Fsp3) is 0.167. The van der Waals surface area contributed by atoms with E-state index in [2.05, 4.69) is 4.98 Å². The van der Waals surface area contributed by atoms with Crippen molar-refractivity contribution in [1.82, 2.24) is 4.98 Å². The number of halogens is 4. The average Bonchev–Trinajstić information content (AvgIpc) is 2.07. The summed E-state index contributed by atoms with van der Waals surface area (Å²) in [6.45, 7) is 0. The number of nitrogen functional groups attached to an aromatic ring is 1. The van der Waals surface area contributed by atoms with Gasteiger partial charge in [-0.2, -0.15) is 0 Å². The zero-order valence-electron chi connectivity index (χ0n) is 6.51. The first-order valence-electron chi connectivity index (χ1n) is 3.22. The monoisotopic (exact) mass is 244 g/mol. The molecule has 3 nitrogen and oxygen atoms in total. The summed E-state index contributed by atoms with van der Waals surface area (Å²) in [7, 11) is 0. The maximum absolute atomic E-state index is 12.0. The van der Waals surface area contributed by atoms with Crippen LogP contribution in [0.4, 0.5) is 19.0 Å². The van der Waals surface area contributed by atoms with E-state index in [-0.39, 0.29) is 10.8 Å². The molecule has 1 heterocycles. The Balaban J connectivity index is 3.03. The van der Waals surface area contributed by atoms with Gasteiger partial charge >= 0.3 is 5.51 Å². The van der Waals surface area contributed by atoms with Crippen LogP contribution in [0.3, 0.4) is 0 Å². The Morgan fingerprint density at radius 2 is 2.07 bits per heavy atom. The summed E-state index contributed by atoms with van der Waals surface area (Å²) in [5, 5.41) is -0.153. The number of nitrogens with zero attached hydrogens (tertiary/aromatic N) is 1. The molecule has 0 aromatic carbocycles. The van der Waals surface area contributed by atoms with Crippen molar-refractivity contribution in [2.75, 3.05) is 5.73 Å². The van der Waals surface area contributed by atoms with Crippen LogP contribution in [0.15, 0.2) is 17.2 Å². The lowest BCUT2D eigenvalue weighted by molar-refractivity contribution is -0.0435.